The molecule has 3 atom stereocenters. The SMILES string of the molecule is CC1CCNC(C)C1NC(=O)c1ccc[nH]1.Cl. The van der Waals surface area contributed by atoms with Gasteiger partial charge in [0.15, 0.2) is 0 Å². The van der Waals surface area contributed by atoms with Crippen LogP contribution in [-0.2, 0) is 0 Å². The molecule has 0 aliphatic carbocycles. The molecule has 2 heterocycles. The van der Waals surface area contributed by atoms with Gasteiger partial charge < -0.3 is 15.6 Å². The Kier molecular flexibility index (Phi) is 5.02. The monoisotopic (exact) mass is 257 g/mol. The summed E-state index contributed by atoms with van der Waals surface area (Å²) < 4.78 is 0. The topological polar surface area (TPSA) is 56.9 Å². The number of H-pyrrole nitrogens is 1. The van der Waals surface area contributed by atoms with Crippen LogP contribution >= 0.6 is 12.4 Å². The van der Waals surface area contributed by atoms with E-state index in [0.717, 1.165) is 13.0 Å². The van der Waals surface area contributed by atoms with Gasteiger partial charge in [0.25, 0.3) is 5.91 Å². The fraction of sp³-hybridized carbons (Fsp3) is 0.583. The highest BCUT2D eigenvalue weighted by atomic mass is 35.5. The molecule has 0 aromatic carbocycles. The Bertz CT molecular complexity index is 343. The third-order valence-electron chi connectivity index (χ3n) is 3.36. The maximum atomic E-state index is 11.9. The molecule has 1 aliphatic rings. The number of nitrogens with one attached hydrogen (secondary N) is 3. The van der Waals surface area contributed by atoms with Crippen LogP contribution in [0, 0.1) is 5.92 Å². The summed E-state index contributed by atoms with van der Waals surface area (Å²) in [4.78, 5) is 14.8. The Hall–Kier alpha value is -1.00. The predicted molar refractivity (Wildman–Crippen MR) is 70.5 cm³/mol. The highest BCUT2D eigenvalue weighted by molar-refractivity contribution is 5.92. The molecule has 1 aromatic heterocycles. The summed E-state index contributed by atoms with van der Waals surface area (Å²) in [6.07, 6.45) is 2.88. The molecule has 96 valence electrons. The summed E-state index contributed by atoms with van der Waals surface area (Å²) in [7, 11) is 0. The Labute approximate surface area is 108 Å². The normalized spacial score (nSPS) is 28.2. The number of aromatic nitrogens is 1. The van der Waals surface area contributed by atoms with E-state index in [1.807, 2.05) is 6.07 Å². The average Bonchev–Trinajstić information content (AvgIpc) is 2.76. The van der Waals surface area contributed by atoms with Gasteiger partial charge in [0.1, 0.15) is 5.69 Å². The van der Waals surface area contributed by atoms with Crippen molar-refractivity contribution in [2.45, 2.75) is 32.4 Å². The lowest BCUT2D eigenvalue weighted by Crippen LogP contribution is -2.55. The van der Waals surface area contributed by atoms with Crippen LogP contribution in [0.5, 0.6) is 0 Å². The summed E-state index contributed by atoms with van der Waals surface area (Å²) in [5.41, 5.74) is 0.630. The molecule has 4 nitrogen and oxygen atoms in total. The van der Waals surface area contributed by atoms with Gasteiger partial charge in [-0.15, -0.1) is 12.4 Å². The van der Waals surface area contributed by atoms with Gasteiger partial charge in [-0.25, -0.2) is 0 Å². The van der Waals surface area contributed by atoms with E-state index < -0.39 is 0 Å². The van der Waals surface area contributed by atoms with E-state index >= 15 is 0 Å². The standard InChI is InChI=1S/C12H19N3O.ClH/c1-8-5-7-13-9(2)11(8)15-12(16)10-4-3-6-14-10;/h3-4,6,8-9,11,13-14H,5,7H2,1-2H3,(H,15,16);1H. The van der Waals surface area contributed by atoms with Crippen LogP contribution in [0.3, 0.4) is 0 Å². The largest absolute Gasteiger partial charge is 0.357 e. The number of piperidine rings is 1. The number of rotatable bonds is 2. The van der Waals surface area contributed by atoms with Crippen molar-refractivity contribution in [2.75, 3.05) is 6.54 Å². The molecule has 0 saturated carbocycles. The van der Waals surface area contributed by atoms with E-state index in [2.05, 4.69) is 29.5 Å². The van der Waals surface area contributed by atoms with Crippen LogP contribution < -0.4 is 10.6 Å². The van der Waals surface area contributed by atoms with Crippen molar-refractivity contribution in [1.29, 1.82) is 0 Å². The number of carbonyl (C=O) groups excluding carboxylic acids is 1. The van der Waals surface area contributed by atoms with Gasteiger partial charge in [0.2, 0.25) is 0 Å². The molecular weight excluding hydrogens is 238 g/mol. The van der Waals surface area contributed by atoms with Gasteiger partial charge in [-0.3, -0.25) is 4.79 Å². The lowest BCUT2D eigenvalue weighted by molar-refractivity contribution is 0.0893. The summed E-state index contributed by atoms with van der Waals surface area (Å²) in [5.74, 6) is 0.507. The second kappa shape index (κ2) is 6.07. The Balaban J connectivity index is 0.00000144. The molecule has 3 unspecified atom stereocenters. The smallest absolute Gasteiger partial charge is 0.267 e. The molecule has 17 heavy (non-hydrogen) atoms. The molecule has 0 spiro atoms. The predicted octanol–water partition coefficient (Wildman–Crippen LogP) is 1.55. The molecule has 2 rings (SSSR count). The van der Waals surface area contributed by atoms with Crippen molar-refractivity contribution in [1.82, 2.24) is 15.6 Å². The first kappa shape index (κ1) is 14.1. The minimum Gasteiger partial charge on any atom is -0.357 e. The Morgan fingerprint density at radius 1 is 1.47 bits per heavy atom. The van der Waals surface area contributed by atoms with Gasteiger partial charge in [-0.05, 0) is 37.9 Å². The fourth-order valence-corrected chi connectivity index (χ4v) is 2.31. The highest BCUT2D eigenvalue weighted by Crippen LogP contribution is 2.16. The molecular formula is C12H20ClN3O. The van der Waals surface area contributed by atoms with Gasteiger partial charge in [0.05, 0.1) is 0 Å². The Morgan fingerprint density at radius 2 is 2.24 bits per heavy atom. The zero-order chi connectivity index (χ0) is 11.5. The van der Waals surface area contributed by atoms with Crippen LogP contribution in [0.4, 0.5) is 0 Å². The molecule has 0 bridgehead atoms. The van der Waals surface area contributed by atoms with E-state index in [1.165, 1.54) is 0 Å². The molecule has 5 heteroatoms. The molecule has 1 aromatic rings. The van der Waals surface area contributed by atoms with E-state index in [1.54, 1.807) is 12.3 Å². The number of amides is 1. The number of aromatic amines is 1. The maximum Gasteiger partial charge on any atom is 0.267 e. The first-order valence-electron chi connectivity index (χ1n) is 5.86. The van der Waals surface area contributed by atoms with Crippen molar-refractivity contribution in [2.24, 2.45) is 5.92 Å². The first-order chi connectivity index (χ1) is 7.68. The van der Waals surface area contributed by atoms with Crippen LogP contribution in [0.2, 0.25) is 0 Å². The quantitative estimate of drug-likeness (QED) is 0.753. The summed E-state index contributed by atoms with van der Waals surface area (Å²) in [6.45, 7) is 5.35. The number of carbonyl (C=O) groups is 1. The second-order valence-corrected chi connectivity index (χ2v) is 4.59. The minimum atomic E-state index is -0.0163. The third kappa shape index (κ3) is 3.23. The van der Waals surface area contributed by atoms with Gasteiger partial charge in [-0.1, -0.05) is 6.92 Å². The second-order valence-electron chi connectivity index (χ2n) is 4.59. The van der Waals surface area contributed by atoms with Crippen molar-refractivity contribution in [3.63, 3.8) is 0 Å². The number of hydrogen-bond acceptors (Lipinski definition) is 2. The molecule has 1 fully saturated rings. The average molecular weight is 258 g/mol. The van der Waals surface area contributed by atoms with Gasteiger partial charge in [0, 0.05) is 18.3 Å². The summed E-state index contributed by atoms with van der Waals surface area (Å²) in [5, 5.41) is 6.48. The lowest BCUT2D eigenvalue weighted by Gasteiger charge is -2.35. The number of hydrogen-bond donors (Lipinski definition) is 3. The molecule has 1 aliphatic heterocycles. The van der Waals surface area contributed by atoms with Crippen molar-refractivity contribution >= 4 is 18.3 Å². The van der Waals surface area contributed by atoms with Gasteiger partial charge in [-0.2, -0.15) is 0 Å². The third-order valence-corrected chi connectivity index (χ3v) is 3.36. The Morgan fingerprint density at radius 3 is 2.82 bits per heavy atom. The zero-order valence-electron chi connectivity index (χ0n) is 10.2. The fourth-order valence-electron chi connectivity index (χ4n) is 2.31. The maximum absolute atomic E-state index is 11.9. The molecule has 1 amide bonds. The van der Waals surface area contributed by atoms with E-state index in [-0.39, 0.29) is 24.4 Å². The van der Waals surface area contributed by atoms with E-state index in [4.69, 9.17) is 0 Å². The lowest BCUT2D eigenvalue weighted by atomic mass is 9.89. The van der Waals surface area contributed by atoms with E-state index in [9.17, 15) is 4.79 Å². The number of halogens is 1. The van der Waals surface area contributed by atoms with E-state index in [0.29, 0.717) is 17.7 Å². The molecule has 1 saturated heterocycles. The zero-order valence-corrected chi connectivity index (χ0v) is 11.0. The van der Waals surface area contributed by atoms with Crippen LogP contribution in [0.1, 0.15) is 30.8 Å². The van der Waals surface area contributed by atoms with Crippen molar-refractivity contribution in [3.8, 4) is 0 Å². The van der Waals surface area contributed by atoms with Gasteiger partial charge >= 0.3 is 0 Å². The first-order valence-corrected chi connectivity index (χ1v) is 5.86. The van der Waals surface area contributed by atoms with Crippen LogP contribution in [-0.4, -0.2) is 29.5 Å². The summed E-state index contributed by atoms with van der Waals surface area (Å²) >= 11 is 0. The minimum absolute atomic E-state index is 0. The molecule has 0 radical (unpaired) electrons. The van der Waals surface area contributed by atoms with Crippen molar-refractivity contribution in [3.05, 3.63) is 24.0 Å². The highest BCUT2D eigenvalue weighted by Gasteiger charge is 2.28. The van der Waals surface area contributed by atoms with Crippen molar-refractivity contribution < 1.29 is 4.79 Å². The molecule has 3 N–H and O–H groups in total. The van der Waals surface area contributed by atoms with Crippen LogP contribution in [0.15, 0.2) is 18.3 Å². The van der Waals surface area contributed by atoms with Crippen LogP contribution in [0.25, 0.3) is 0 Å². The summed E-state index contributed by atoms with van der Waals surface area (Å²) in [6, 6.07) is 4.18.